The largest absolute Gasteiger partial charge is 0.465 e. The number of benzene rings is 1. The molecule has 0 atom stereocenters. The van der Waals surface area contributed by atoms with Gasteiger partial charge in [-0.1, -0.05) is 12.1 Å². The van der Waals surface area contributed by atoms with E-state index in [0.717, 1.165) is 3.57 Å². The van der Waals surface area contributed by atoms with Crippen LogP contribution in [-0.4, -0.2) is 18.2 Å². The van der Waals surface area contributed by atoms with Gasteiger partial charge < -0.3 is 9.84 Å². The highest BCUT2D eigenvalue weighted by Gasteiger charge is 2.14. The summed E-state index contributed by atoms with van der Waals surface area (Å²) in [6.45, 7) is -0.152. The summed E-state index contributed by atoms with van der Waals surface area (Å²) in [6.07, 6.45) is 0. The molecule has 1 rings (SSSR count). The van der Waals surface area contributed by atoms with Crippen molar-refractivity contribution in [3.05, 3.63) is 32.9 Å². The van der Waals surface area contributed by atoms with Gasteiger partial charge >= 0.3 is 5.97 Å². The van der Waals surface area contributed by atoms with E-state index in [4.69, 9.17) is 5.11 Å². The van der Waals surface area contributed by atoms with Crippen molar-refractivity contribution in [1.29, 1.82) is 0 Å². The molecule has 4 heteroatoms. The Labute approximate surface area is 89.9 Å². The minimum Gasteiger partial charge on any atom is -0.465 e. The van der Waals surface area contributed by atoms with Gasteiger partial charge in [-0.15, -0.1) is 0 Å². The third kappa shape index (κ3) is 2.19. The van der Waals surface area contributed by atoms with Crippen LogP contribution in [0.5, 0.6) is 0 Å². The van der Waals surface area contributed by atoms with E-state index in [1.807, 2.05) is 22.6 Å². The summed E-state index contributed by atoms with van der Waals surface area (Å²) in [7, 11) is 1.33. The number of esters is 1. The first-order valence-electron chi connectivity index (χ1n) is 3.67. The van der Waals surface area contributed by atoms with Crippen LogP contribution in [0.3, 0.4) is 0 Å². The molecule has 70 valence electrons. The zero-order chi connectivity index (χ0) is 9.84. The molecular weight excluding hydrogens is 283 g/mol. The molecule has 13 heavy (non-hydrogen) atoms. The predicted molar refractivity (Wildman–Crippen MR) is 56.4 cm³/mol. The number of carbonyl (C=O) groups is 1. The summed E-state index contributed by atoms with van der Waals surface area (Å²) < 4.78 is 5.39. The first kappa shape index (κ1) is 10.5. The Bertz CT molecular complexity index is 323. The van der Waals surface area contributed by atoms with Crippen LogP contribution in [0.4, 0.5) is 0 Å². The van der Waals surface area contributed by atoms with Gasteiger partial charge in [0.2, 0.25) is 0 Å². The van der Waals surface area contributed by atoms with Crippen molar-refractivity contribution in [3.63, 3.8) is 0 Å². The average molecular weight is 292 g/mol. The number of aliphatic hydroxyl groups is 1. The summed E-state index contributed by atoms with van der Waals surface area (Å²) in [5.74, 6) is -0.408. The van der Waals surface area contributed by atoms with Crippen LogP contribution in [0.15, 0.2) is 18.2 Å². The maximum absolute atomic E-state index is 11.3. The molecule has 0 fully saturated rings. The lowest BCUT2D eigenvalue weighted by atomic mass is 10.1. The van der Waals surface area contributed by atoms with Crippen LogP contribution in [0.25, 0.3) is 0 Å². The van der Waals surface area contributed by atoms with E-state index in [1.54, 1.807) is 18.2 Å². The van der Waals surface area contributed by atoms with Crippen molar-refractivity contribution in [2.45, 2.75) is 6.61 Å². The van der Waals surface area contributed by atoms with Gasteiger partial charge in [-0.3, -0.25) is 0 Å². The standard InChI is InChI=1S/C9H9IO3/c1-13-9(12)8-6(5-11)3-2-4-7(8)10/h2-4,11H,5H2,1H3. The van der Waals surface area contributed by atoms with Gasteiger partial charge in [-0.2, -0.15) is 0 Å². The average Bonchev–Trinajstić information content (AvgIpc) is 2.16. The smallest absolute Gasteiger partial charge is 0.339 e. The highest BCUT2D eigenvalue weighted by Crippen LogP contribution is 2.17. The van der Waals surface area contributed by atoms with E-state index in [1.165, 1.54) is 7.11 Å². The second-order valence-electron chi connectivity index (χ2n) is 2.42. The van der Waals surface area contributed by atoms with Crippen molar-refractivity contribution >= 4 is 28.6 Å². The fourth-order valence-corrected chi connectivity index (χ4v) is 1.81. The Morgan fingerprint density at radius 3 is 2.85 bits per heavy atom. The minimum atomic E-state index is -0.408. The van der Waals surface area contributed by atoms with Crippen LogP contribution in [0.2, 0.25) is 0 Å². The number of methoxy groups -OCH3 is 1. The van der Waals surface area contributed by atoms with Gasteiger partial charge in [0.25, 0.3) is 0 Å². The van der Waals surface area contributed by atoms with Crippen molar-refractivity contribution in [3.8, 4) is 0 Å². The Morgan fingerprint density at radius 1 is 1.62 bits per heavy atom. The normalized spacial score (nSPS) is 9.77. The SMILES string of the molecule is COC(=O)c1c(I)cccc1CO. The zero-order valence-corrected chi connectivity index (χ0v) is 9.24. The van der Waals surface area contributed by atoms with Crippen molar-refractivity contribution < 1.29 is 14.6 Å². The summed E-state index contributed by atoms with van der Waals surface area (Å²) in [4.78, 5) is 11.3. The molecule has 0 saturated carbocycles. The minimum absolute atomic E-state index is 0.152. The molecule has 1 N–H and O–H groups in total. The number of halogens is 1. The molecule has 1 aromatic rings. The molecule has 0 amide bonds. The third-order valence-corrected chi connectivity index (χ3v) is 2.56. The molecule has 0 radical (unpaired) electrons. The zero-order valence-electron chi connectivity index (χ0n) is 7.08. The quantitative estimate of drug-likeness (QED) is 0.665. The van der Waals surface area contributed by atoms with Crippen LogP contribution >= 0.6 is 22.6 Å². The first-order valence-corrected chi connectivity index (χ1v) is 4.75. The number of rotatable bonds is 2. The monoisotopic (exact) mass is 292 g/mol. The van der Waals surface area contributed by atoms with Crippen molar-refractivity contribution in [1.82, 2.24) is 0 Å². The molecule has 0 aliphatic heterocycles. The van der Waals surface area contributed by atoms with Crippen LogP contribution in [0.1, 0.15) is 15.9 Å². The Hall–Kier alpha value is -0.620. The van der Waals surface area contributed by atoms with Gasteiger partial charge in [-0.25, -0.2) is 4.79 Å². The molecule has 0 aromatic heterocycles. The number of hydrogen-bond donors (Lipinski definition) is 1. The lowest BCUT2D eigenvalue weighted by molar-refractivity contribution is 0.0596. The molecule has 0 bridgehead atoms. The number of aliphatic hydroxyl groups excluding tert-OH is 1. The van der Waals surface area contributed by atoms with Gasteiger partial charge in [-0.05, 0) is 34.2 Å². The number of hydrogen-bond acceptors (Lipinski definition) is 3. The van der Waals surface area contributed by atoms with Gasteiger partial charge in [0, 0.05) is 3.57 Å². The van der Waals surface area contributed by atoms with Crippen LogP contribution in [-0.2, 0) is 11.3 Å². The van der Waals surface area contributed by atoms with Gasteiger partial charge in [0.1, 0.15) is 0 Å². The highest BCUT2D eigenvalue weighted by atomic mass is 127. The molecule has 0 spiro atoms. The van der Waals surface area contributed by atoms with Crippen molar-refractivity contribution in [2.24, 2.45) is 0 Å². The van der Waals surface area contributed by atoms with E-state index < -0.39 is 5.97 Å². The number of ether oxygens (including phenoxy) is 1. The maximum atomic E-state index is 11.3. The first-order chi connectivity index (χ1) is 6.20. The van der Waals surface area contributed by atoms with Gasteiger partial charge in [0.15, 0.2) is 0 Å². The second kappa shape index (κ2) is 4.57. The van der Waals surface area contributed by atoms with E-state index in [9.17, 15) is 4.79 Å². The van der Waals surface area contributed by atoms with Crippen molar-refractivity contribution in [2.75, 3.05) is 7.11 Å². The topological polar surface area (TPSA) is 46.5 Å². The number of carbonyl (C=O) groups excluding carboxylic acids is 1. The predicted octanol–water partition coefficient (Wildman–Crippen LogP) is 1.57. The summed E-state index contributed by atoms with van der Waals surface area (Å²) in [5, 5.41) is 8.98. The Balaban J connectivity index is 3.22. The Kier molecular flexibility index (Phi) is 3.68. The van der Waals surface area contributed by atoms with E-state index in [2.05, 4.69) is 4.74 Å². The highest BCUT2D eigenvalue weighted by molar-refractivity contribution is 14.1. The molecule has 0 saturated heterocycles. The molecule has 1 aromatic carbocycles. The second-order valence-corrected chi connectivity index (χ2v) is 3.59. The molecule has 0 unspecified atom stereocenters. The molecule has 0 heterocycles. The van der Waals surface area contributed by atoms with Crippen LogP contribution in [0, 0.1) is 3.57 Å². The van der Waals surface area contributed by atoms with Gasteiger partial charge in [0.05, 0.1) is 19.3 Å². The lowest BCUT2D eigenvalue weighted by Gasteiger charge is -2.06. The third-order valence-electron chi connectivity index (χ3n) is 1.66. The summed E-state index contributed by atoms with van der Waals surface area (Å²) in [5.41, 5.74) is 1.05. The van der Waals surface area contributed by atoms with E-state index in [-0.39, 0.29) is 6.61 Å². The summed E-state index contributed by atoms with van der Waals surface area (Å²) in [6, 6.07) is 5.29. The lowest BCUT2D eigenvalue weighted by Crippen LogP contribution is -2.08. The fourth-order valence-electron chi connectivity index (χ4n) is 1.03. The Morgan fingerprint density at radius 2 is 2.31 bits per heavy atom. The van der Waals surface area contributed by atoms with E-state index in [0.29, 0.717) is 11.1 Å². The maximum Gasteiger partial charge on any atom is 0.339 e. The fraction of sp³-hybridized carbons (Fsp3) is 0.222. The molecular formula is C9H9IO3. The molecule has 3 nitrogen and oxygen atoms in total. The molecule has 0 aliphatic carbocycles. The van der Waals surface area contributed by atoms with Crippen LogP contribution < -0.4 is 0 Å². The molecule has 0 aliphatic rings. The van der Waals surface area contributed by atoms with E-state index >= 15 is 0 Å². The summed E-state index contributed by atoms with van der Waals surface area (Å²) >= 11 is 2.04.